The van der Waals surface area contributed by atoms with E-state index in [-0.39, 0.29) is 25.7 Å². The SMILES string of the molecule is CCCCCCCCCCCCCCCCCCCCCCC(=O)O[C@H](COC(=O)CCCCCCCCCCCCCC(C)C)COP(=O)(O)OC[C@@H](O)COP(=O)(O)OC[C@@H](COC(=O)CCCCCCCCCCC)OC(=O)CCCCCCCCCCCCC(C)C. The van der Waals surface area contributed by atoms with Crippen molar-refractivity contribution in [1.82, 2.24) is 0 Å². The van der Waals surface area contributed by atoms with E-state index in [4.69, 9.17) is 37.0 Å². The van der Waals surface area contributed by atoms with Crippen molar-refractivity contribution >= 4 is 39.5 Å². The highest BCUT2D eigenvalue weighted by Gasteiger charge is 2.30. The summed E-state index contributed by atoms with van der Waals surface area (Å²) in [4.78, 5) is 72.8. The van der Waals surface area contributed by atoms with E-state index < -0.39 is 97.5 Å². The Kier molecular flexibility index (Phi) is 67.4. The first-order valence-corrected chi connectivity index (χ1v) is 43.0. The molecule has 0 aromatic carbocycles. The average molecular weight is 1410 g/mol. The van der Waals surface area contributed by atoms with Gasteiger partial charge in [-0.1, -0.05) is 350 Å². The molecule has 0 saturated heterocycles. The summed E-state index contributed by atoms with van der Waals surface area (Å²) in [6.45, 7) is 9.58. The second-order valence-corrected chi connectivity index (χ2v) is 31.6. The maximum absolute atomic E-state index is 13.1. The zero-order valence-corrected chi connectivity index (χ0v) is 64.5. The number of carbonyl (C=O) groups excluding carboxylic acids is 4. The highest BCUT2D eigenvalue weighted by Crippen LogP contribution is 2.45. The van der Waals surface area contributed by atoms with Crippen molar-refractivity contribution in [3.8, 4) is 0 Å². The third-order valence-corrected chi connectivity index (χ3v) is 19.9. The Labute approximate surface area is 588 Å². The molecule has 0 fully saturated rings. The molecule has 0 rings (SSSR count). The van der Waals surface area contributed by atoms with Gasteiger partial charge in [0.25, 0.3) is 0 Å². The van der Waals surface area contributed by atoms with E-state index in [1.807, 2.05) is 0 Å². The number of phosphoric acid groups is 2. The molecule has 0 aromatic rings. The van der Waals surface area contributed by atoms with Crippen LogP contribution in [0.5, 0.6) is 0 Å². The second-order valence-electron chi connectivity index (χ2n) is 28.7. The molecule has 0 bridgehead atoms. The molecule has 0 radical (unpaired) electrons. The summed E-state index contributed by atoms with van der Waals surface area (Å²) in [5.74, 6) is -0.593. The van der Waals surface area contributed by atoms with Gasteiger partial charge in [0.15, 0.2) is 12.2 Å². The molecule has 0 heterocycles. The first-order valence-electron chi connectivity index (χ1n) is 40.0. The van der Waals surface area contributed by atoms with Crippen LogP contribution in [0.3, 0.4) is 0 Å². The van der Waals surface area contributed by atoms with E-state index >= 15 is 0 Å². The quantitative estimate of drug-likeness (QED) is 0.0222. The number of hydrogen-bond acceptors (Lipinski definition) is 15. The first kappa shape index (κ1) is 94.1. The second kappa shape index (κ2) is 68.8. The molecule has 19 heteroatoms. The smallest absolute Gasteiger partial charge is 0.462 e. The lowest BCUT2D eigenvalue weighted by Crippen LogP contribution is -2.30. The molecule has 570 valence electrons. The molecule has 2 unspecified atom stereocenters. The van der Waals surface area contributed by atoms with Gasteiger partial charge in [-0.25, -0.2) is 9.13 Å². The standard InChI is InChI=1S/C77H150O17P2/c1-7-9-11-13-15-17-18-19-20-21-22-23-24-25-26-29-37-43-49-55-61-76(81)93-73(66-88-75(80)60-54-48-42-36-30-27-28-34-39-45-51-57-69(3)4)68-92-96(85,86)90-64-71(78)63-89-95(83,84)91-67-72(65-87-74(79)59-53-47-41-33-16-14-12-10-8-2)94-77(82)62-56-50-44-38-32-31-35-40-46-52-58-70(5)6/h69-73,78H,7-68H2,1-6H3,(H,83,84)(H,85,86)/t71-,72+,73+/m0/s1. The van der Waals surface area contributed by atoms with Gasteiger partial charge in [0, 0.05) is 25.7 Å². The first-order chi connectivity index (χ1) is 46.4. The van der Waals surface area contributed by atoms with Crippen LogP contribution in [0.1, 0.15) is 401 Å². The number of ether oxygens (including phenoxy) is 4. The van der Waals surface area contributed by atoms with E-state index in [0.29, 0.717) is 25.7 Å². The van der Waals surface area contributed by atoms with Gasteiger partial charge in [-0.05, 0) is 37.5 Å². The number of rotatable bonds is 76. The number of unbranched alkanes of at least 4 members (excludes halogenated alkanes) is 46. The normalized spacial score (nSPS) is 14.0. The molecule has 0 aliphatic heterocycles. The van der Waals surface area contributed by atoms with Crippen molar-refractivity contribution in [3.63, 3.8) is 0 Å². The predicted molar refractivity (Wildman–Crippen MR) is 391 cm³/mol. The summed E-state index contributed by atoms with van der Waals surface area (Å²) < 4.78 is 68.5. The highest BCUT2D eigenvalue weighted by molar-refractivity contribution is 7.47. The summed E-state index contributed by atoms with van der Waals surface area (Å²) in [6.07, 6.45) is 56.9. The molecule has 3 N–H and O–H groups in total. The van der Waals surface area contributed by atoms with Crippen LogP contribution in [0.15, 0.2) is 0 Å². The van der Waals surface area contributed by atoms with E-state index in [1.54, 1.807) is 0 Å². The Hall–Kier alpha value is -1.94. The fraction of sp³-hybridized carbons (Fsp3) is 0.948. The molecule has 0 amide bonds. The van der Waals surface area contributed by atoms with Crippen molar-refractivity contribution < 1.29 is 80.2 Å². The third kappa shape index (κ3) is 70.5. The minimum atomic E-state index is -4.96. The molecule has 17 nitrogen and oxygen atoms in total. The van der Waals surface area contributed by atoms with E-state index in [1.165, 1.54) is 218 Å². The number of carbonyl (C=O) groups is 4. The van der Waals surface area contributed by atoms with Crippen LogP contribution in [-0.4, -0.2) is 96.7 Å². The number of esters is 4. The molecule has 0 aromatic heterocycles. The number of aliphatic hydroxyl groups is 1. The molecule has 0 saturated carbocycles. The van der Waals surface area contributed by atoms with Gasteiger partial charge in [0.1, 0.15) is 19.3 Å². The fourth-order valence-corrected chi connectivity index (χ4v) is 13.4. The third-order valence-electron chi connectivity index (χ3n) is 18.0. The lowest BCUT2D eigenvalue weighted by Gasteiger charge is -2.21. The number of phosphoric ester groups is 2. The fourth-order valence-electron chi connectivity index (χ4n) is 11.8. The summed E-state index contributed by atoms with van der Waals surface area (Å²) in [6, 6.07) is 0. The summed E-state index contributed by atoms with van der Waals surface area (Å²) in [7, 11) is -9.91. The number of aliphatic hydroxyl groups excluding tert-OH is 1. The van der Waals surface area contributed by atoms with Crippen LogP contribution < -0.4 is 0 Å². The van der Waals surface area contributed by atoms with E-state index in [0.717, 1.165) is 102 Å². The van der Waals surface area contributed by atoms with Gasteiger partial charge in [-0.3, -0.25) is 37.3 Å². The largest absolute Gasteiger partial charge is 0.472 e. The van der Waals surface area contributed by atoms with Crippen molar-refractivity contribution in [2.45, 2.75) is 419 Å². The Balaban J connectivity index is 5.21. The van der Waals surface area contributed by atoms with E-state index in [9.17, 15) is 43.2 Å². The molecule has 96 heavy (non-hydrogen) atoms. The van der Waals surface area contributed by atoms with Gasteiger partial charge in [0.05, 0.1) is 26.4 Å². The Morgan fingerprint density at radius 1 is 0.281 bits per heavy atom. The minimum absolute atomic E-state index is 0.106. The monoisotopic (exact) mass is 1410 g/mol. The predicted octanol–water partition coefficient (Wildman–Crippen LogP) is 22.7. The molecular formula is C77H150O17P2. The van der Waals surface area contributed by atoms with Crippen molar-refractivity contribution in [3.05, 3.63) is 0 Å². The highest BCUT2D eigenvalue weighted by atomic mass is 31.2. The van der Waals surface area contributed by atoms with Crippen molar-refractivity contribution in [2.24, 2.45) is 11.8 Å². The molecular weight excluding hydrogens is 1260 g/mol. The van der Waals surface area contributed by atoms with Crippen LogP contribution in [0.4, 0.5) is 0 Å². The minimum Gasteiger partial charge on any atom is -0.462 e. The van der Waals surface area contributed by atoms with Gasteiger partial charge in [0.2, 0.25) is 0 Å². The summed E-state index contributed by atoms with van der Waals surface area (Å²) in [5, 5.41) is 10.6. The van der Waals surface area contributed by atoms with Crippen molar-refractivity contribution in [1.29, 1.82) is 0 Å². The summed E-state index contributed by atoms with van der Waals surface area (Å²) in [5.41, 5.74) is 0. The lowest BCUT2D eigenvalue weighted by molar-refractivity contribution is -0.161. The zero-order chi connectivity index (χ0) is 70.7. The Bertz CT molecular complexity index is 1860. The number of hydrogen-bond donors (Lipinski definition) is 3. The van der Waals surface area contributed by atoms with Crippen LogP contribution in [0.2, 0.25) is 0 Å². The maximum Gasteiger partial charge on any atom is 0.472 e. The van der Waals surface area contributed by atoms with Gasteiger partial charge in [-0.2, -0.15) is 0 Å². The van der Waals surface area contributed by atoms with Crippen LogP contribution >= 0.6 is 15.6 Å². The summed E-state index contributed by atoms with van der Waals surface area (Å²) >= 11 is 0. The van der Waals surface area contributed by atoms with Crippen molar-refractivity contribution in [2.75, 3.05) is 39.6 Å². The van der Waals surface area contributed by atoms with E-state index in [2.05, 4.69) is 41.5 Å². The molecule has 0 spiro atoms. The van der Waals surface area contributed by atoms with Gasteiger partial charge in [-0.15, -0.1) is 0 Å². The molecule has 0 aliphatic carbocycles. The topological polar surface area (TPSA) is 237 Å². The molecule has 5 atom stereocenters. The van der Waals surface area contributed by atoms with Crippen LogP contribution in [-0.2, 0) is 65.4 Å². The van der Waals surface area contributed by atoms with Crippen LogP contribution in [0.25, 0.3) is 0 Å². The van der Waals surface area contributed by atoms with Gasteiger partial charge < -0.3 is 33.8 Å². The van der Waals surface area contributed by atoms with Gasteiger partial charge >= 0.3 is 39.5 Å². The maximum atomic E-state index is 13.1. The zero-order valence-electron chi connectivity index (χ0n) is 62.7. The molecule has 0 aliphatic rings. The van der Waals surface area contributed by atoms with Crippen LogP contribution in [0, 0.1) is 11.8 Å². The Morgan fingerprint density at radius 3 is 0.708 bits per heavy atom. The Morgan fingerprint density at radius 2 is 0.479 bits per heavy atom. The average Bonchev–Trinajstić information content (AvgIpc) is 2.73. The lowest BCUT2D eigenvalue weighted by atomic mass is 10.0.